The Bertz CT molecular complexity index is 852. The highest BCUT2D eigenvalue weighted by Gasteiger charge is 2.11. The van der Waals surface area contributed by atoms with Crippen molar-refractivity contribution in [3.8, 4) is 5.75 Å². The highest BCUT2D eigenvalue weighted by Crippen LogP contribution is 2.17. The molecule has 0 fully saturated rings. The standard InChI is InChI=1S/C24H28O6/c1-16(2)23(27)30-21-11-7-19(8-12-21)15-29-24(28)20-9-5-18(6-10-20)14-17(3)4-13-22(25)26/h5-12,16-17H,4,13-15H2,1-3H3,(H,25,26). The molecule has 160 valence electrons. The van der Waals surface area contributed by atoms with Crippen molar-refractivity contribution in [1.29, 1.82) is 0 Å². The number of benzene rings is 2. The van der Waals surface area contributed by atoms with Crippen molar-refractivity contribution in [2.45, 2.75) is 46.6 Å². The maximum Gasteiger partial charge on any atom is 0.338 e. The summed E-state index contributed by atoms with van der Waals surface area (Å²) >= 11 is 0. The van der Waals surface area contributed by atoms with Crippen molar-refractivity contribution >= 4 is 17.9 Å². The fourth-order valence-corrected chi connectivity index (χ4v) is 2.77. The van der Waals surface area contributed by atoms with Gasteiger partial charge in [-0.3, -0.25) is 9.59 Å². The smallest absolute Gasteiger partial charge is 0.338 e. The van der Waals surface area contributed by atoms with Crippen molar-refractivity contribution in [3.05, 3.63) is 65.2 Å². The summed E-state index contributed by atoms with van der Waals surface area (Å²) in [6.45, 7) is 5.66. The third kappa shape index (κ3) is 7.70. The summed E-state index contributed by atoms with van der Waals surface area (Å²) in [6.07, 6.45) is 1.54. The lowest BCUT2D eigenvalue weighted by Gasteiger charge is -2.11. The van der Waals surface area contributed by atoms with Crippen LogP contribution in [0.15, 0.2) is 48.5 Å². The van der Waals surface area contributed by atoms with Crippen molar-refractivity contribution in [3.63, 3.8) is 0 Å². The molecule has 1 unspecified atom stereocenters. The Morgan fingerprint density at radius 3 is 2.07 bits per heavy atom. The average Bonchev–Trinajstić information content (AvgIpc) is 2.72. The quantitative estimate of drug-likeness (QED) is 0.451. The van der Waals surface area contributed by atoms with E-state index in [0.717, 1.165) is 17.5 Å². The number of aliphatic carboxylic acids is 1. The van der Waals surface area contributed by atoms with Gasteiger partial charge >= 0.3 is 17.9 Å². The average molecular weight is 412 g/mol. The lowest BCUT2D eigenvalue weighted by molar-refractivity contribution is -0.138. The van der Waals surface area contributed by atoms with E-state index in [1.54, 1.807) is 50.2 Å². The number of esters is 2. The van der Waals surface area contributed by atoms with Crippen LogP contribution < -0.4 is 4.74 Å². The number of carbonyl (C=O) groups excluding carboxylic acids is 2. The van der Waals surface area contributed by atoms with E-state index in [2.05, 4.69) is 0 Å². The molecule has 30 heavy (non-hydrogen) atoms. The molecule has 0 aromatic heterocycles. The molecule has 2 rings (SSSR count). The molecule has 1 atom stereocenters. The van der Waals surface area contributed by atoms with Gasteiger partial charge in [-0.25, -0.2) is 4.79 Å². The minimum Gasteiger partial charge on any atom is -0.481 e. The summed E-state index contributed by atoms with van der Waals surface area (Å²) in [5.41, 5.74) is 2.30. The predicted octanol–water partition coefficient (Wildman–Crippen LogP) is 4.65. The van der Waals surface area contributed by atoms with Crippen LogP contribution in [0.1, 0.15) is 55.1 Å². The number of carbonyl (C=O) groups is 3. The van der Waals surface area contributed by atoms with Gasteiger partial charge in [-0.15, -0.1) is 0 Å². The first-order chi connectivity index (χ1) is 14.2. The van der Waals surface area contributed by atoms with Gasteiger partial charge in [0.1, 0.15) is 12.4 Å². The zero-order valence-corrected chi connectivity index (χ0v) is 17.6. The monoisotopic (exact) mass is 412 g/mol. The third-order valence-corrected chi connectivity index (χ3v) is 4.61. The molecule has 0 spiro atoms. The molecule has 0 bridgehead atoms. The van der Waals surface area contributed by atoms with Crippen molar-refractivity contribution in [1.82, 2.24) is 0 Å². The number of rotatable bonds is 10. The molecule has 0 radical (unpaired) electrons. The van der Waals surface area contributed by atoms with Crippen LogP contribution in [0.25, 0.3) is 0 Å². The maximum atomic E-state index is 12.3. The lowest BCUT2D eigenvalue weighted by atomic mass is 9.96. The second kappa shape index (κ2) is 11.1. The van der Waals surface area contributed by atoms with E-state index >= 15 is 0 Å². The molecule has 0 heterocycles. The van der Waals surface area contributed by atoms with E-state index in [0.29, 0.717) is 17.7 Å². The number of ether oxygens (including phenoxy) is 2. The molecular weight excluding hydrogens is 384 g/mol. The molecule has 6 heteroatoms. The van der Waals surface area contributed by atoms with Crippen LogP contribution in [0.4, 0.5) is 0 Å². The summed E-state index contributed by atoms with van der Waals surface area (Å²) < 4.78 is 10.6. The van der Waals surface area contributed by atoms with Crippen LogP contribution in [-0.4, -0.2) is 23.0 Å². The van der Waals surface area contributed by atoms with E-state index in [1.165, 1.54) is 0 Å². The first-order valence-corrected chi connectivity index (χ1v) is 10.0. The van der Waals surface area contributed by atoms with Gasteiger partial charge < -0.3 is 14.6 Å². The van der Waals surface area contributed by atoms with Crippen LogP contribution >= 0.6 is 0 Å². The van der Waals surface area contributed by atoms with E-state index in [-0.39, 0.29) is 30.8 Å². The maximum absolute atomic E-state index is 12.3. The van der Waals surface area contributed by atoms with Crippen LogP contribution in [-0.2, 0) is 27.4 Å². The minimum absolute atomic E-state index is 0.116. The molecule has 0 saturated carbocycles. The fraction of sp³-hybridized carbons (Fsp3) is 0.375. The Kier molecular flexibility index (Phi) is 8.59. The molecule has 0 aliphatic heterocycles. The first-order valence-electron chi connectivity index (χ1n) is 10.0. The van der Waals surface area contributed by atoms with E-state index in [9.17, 15) is 14.4 Å². The number of carboxylic acids is 1. The highest BCUT2D eigenvalue weighted by molar-refractivity contribution is 5.89. The Labute approximate surface area is 176 Å². The Morgan fingerprint density at radius 2 is 1.50 bits per heavy atom. The summed E-state index contributed by atoms with van der Waals surface area (Å²) in [4.78, 5) is 34.5. The normalized spacial score (nSPS) is 11.7. The molecule has 2 aromatic carbocycles. The number of hydrogen-bond donors (Lipinski definition) is 1. The summed E-state index contributed by atoms with van der Waals surface area (Å²) in [5, 5.41) is 8.76. The van der Waals surface area contributed by atoms with Gasteiger partial charge in [-0.05, 0) is 54.2 Å². The Morgan fingerprint density at radius 1 is 0.900 bits per heavy atom. The van der Waals surface area contributed by atoms with Crippen LogP contribution in [0, 0.1) is 11.8 Å². The molecule has 0 aliphatic carbocycles. The minimum atomic E-state index is -0.786. The van der Waals surface area contributed by atoms with Gasteiger partial charge in [0.15, 0.2) is 0 Å². The first kappa shape index (κ1) is 23.1. The molecule has 6 nitrogen and oxygen atoms in total. The topological polar surface area (TPSA) is 89.9 Å². The van der Waals surface area contributed by atoms with E-state index in [1.807, 2.05) is 19.1 Å². The summed E-state index contributed by atoms with van der Waals surface area (Å²) in [6, 6.07) is 14.0. The number of carboxylic acid groups (broad SMARTS) is 1. The molecule has 0 aliphatic rings. The van der Waals surface area contributed by atoms with Crippen molar-refractivity contribution in [2.24, 2.45) is 11.8 Å². The molecule has 0 saturated heterocycles. The van der Waals surface area contributed by atoms with E-state index < -0.39 is 11.9 Å². The van der Waals surface area contributed by atoms with Gasteiger partial charge in [-0.1, -0.05) is 45.0 Å². The van der Waals surface area contributed by atoms with E-state index in [4.69, 9.17) is 14.6 Å². The summed E-state index contributed by atoms with van der Waals surface area (Å²) in [5.74, 6) is -1.00. The molecule has 2 aromatic rings. The van der Waals surface area contributed by atoms with Gasteiger partial charge in [0.25, 0.3) is 0 Å². The van der Waals surface area contributed by atoms with Crippen molar-refractivity contribution in [2.75, 3.05) is 0 Å². The zero-order valence-electron chi connectivity index (χ0n) is 17.6. The lowest BCUT2D eigenvalue weighted by Crippen LogP contribution is -2.14. The molecule has 0 amide bonds. The second-order valence-corrected chi connectivity index (χ2v) is 7.73. The zero-order chi connectivity index (χ0) is 22.1. The van der Waals surface area contributed by atoms with Gasteiger partial charge in [0, 0.05) is 6.42 Å². The van der Waals surface area contributed by atoms with Crippen LogP contribution in [0.3, 0.4) is 0 Å². The Balaban J connectivity index is 1.83. The highest BCUT2D eigenvalue weighted by atomic mass is 16.5. The second-order valence-electron chi connectivity index (χ2n) is 7.73. The third-order valence-electron chi connectivity index (χ3n) is 4.61. The fourth-order valence-electron chi connectivity index (χ4n) is 2.77. The molecule has 1 N–H and O–H groups in total. The summed E-state index contributed by atoms with van der Waals surface area (Å²) in [7, 11) is 0. The number of hydrogen-bond acceptors (Lipinski definition) is 5. The van der Waals surface area contributed by atoms with Crippen molar-refractivity contribution < 1.29 is 29.0 Å². The molecular formula is C24H28O6. The van der Waals surface area contributed by atoms with Crippen LogP contribution in [0.2, 0.25) is 0 Å². The van der Waals surface area contributed by atoms with Gasteiger partial charge in [0.2, 0.25) is 0 Å². The predicted molar refractivity (Wildman–Crippen MR) is 112 cm³/mol. The van der Waals surface area contributed by atoms with Gasteiger partial charge in [0.05, 0.1) is 11.5 Å². The van der Waals surface area contributed by atoms with Crippen LogP contribution in [0.5, 0.6) is 5.75 Å². The van der Waals surface area contributed by atoms with Gasteiger partial charge in [-0.2, -0.15) is 0 Å². The Hall–Kier alpha value is -3.15. The SMILES string of the molecule is CC(CCC(=O)O)Cc1ccc(C(=O)OCc2ccc(OC(=O)C(C)C)cc2)cc1. The largest absolute Gasteiger partial charge is 0.481 e.